The molecule has 1 aliphatic rings. The van der Waals surface area contributed by atoms with E-state index in [9.17, 15) is 14.4 Å². The Morgan fingerprint density at radius 1 is 0.733 bits per heavy atom. The summed E-state index contributed by atoms with van der Waals surface area (Å²) in [7, 11) is 0. The molecular weight excluding hydrogens is 384 g/mol. The highest BCUT2D eigenvalue weighted by atomic mass is 16.5. The van der Waals surface area contributed by atoms with Gasteiger partial charge < -0.3 is 14.2 Å². The van der Waals surface area contributed by atoms with E-state index in [2.05, 4.69) is 19.7 Å². The fourth-order valence-corrected chi connectivity index (χ4v) is 3.10. The van der Waals surface area contributed by atoms with Gasteiger partial charge in [-0.15, -0.1) is 0 Å². The third-order valence-electron chi connectivity index (χ3n) is 4.79. The molecule has 1 aromatic rings. The SMILES string of the molecule is C=C(C)C(=O)Oc1cc(OC(=O)C(=C)C)cc(C2CCC(OC(=O)C(=C)C)CC2)c1. The van der Waals surface area contributed by atoms with Crippen LogP contribution in [-0.4, -0.2) is 24.0 Å². The Bertz CT molecular complexity index is 841. The Morgan fingerprint density at radius 2 is 1.17 bits per heavy atom. The van der Waals surface area contributed by atoms with Crippen LogP contribution in [0.25, 0.3) is 0 Å². The zero-order chi connectivity index (χ0) is 22.4. The number of carbonyl (C=O) groups is 3. The molecule has 1 aromatic carbocycles. The quantitative estimate of drug-likeness (QED) is 0.364. The topological polar surface area (TPSA) is 78.9 Å². The van der Waals surface area contributed by atoms with E-state index in [0.29, 0.717) is 18.4 Å². The molecule has 0 N–H and O–H groups in total. The van der Waals surface area contributed by atoms with Crippen LogP contribution in [0.2, 0.25) is 0 Å². The van der Waals surface area contributed by atoms with Gasteiger partial charge in [0.25, 0.3) is 0 Å². The molecule has 6 nitrogen and oxygen atoms in total. The highest BCUT2D eigenvalue weighted by molar-refractivity contribution is 5.90. The smallest absolute Gasteiger partial charge is 0.338 e. The molecule has 0 aliphatic heterocycles. The number of hydrogen-bond donors (Lipinski definition) is 0. The summed E-state index contributed by atoms with van der Waals surface area (Å²) in [4.78, 5) is 35.6. The van der Waals surface area contributed by atoms with Crippen molar-refractivity contribution in [3.05, 3.63) is 60.2 Å². The van der Waals surface area contributed by atoms with Crippen LogP contribution in [0.15, 0.2) is 54.7 Å². The molecule has 0 saturated heterocycles. The van der Waals surface area contributed by atoms with Gasteiger partial charge in [0.1, 0.15) is 17.6 Å². The lowest BCUT2D eigenvalue weighted by atomic mass is 9.82. The normalized spacial score (nSPS) is 18.1. The zero-order valence-corrected chi connectivity index (χ0v) is 17.8. The minimum absolute atomic E-state index is 0.143. The molecule has 0 amide bonds. The number of carbonyl (C=O) groups excluding carboxylic acids is 3. The van der Waals surface area contributed by atoms with Crippen LogP contribution in [0.5, 0.6) is 11.5 Å². The van der Waals surface area contributed by atoms with Crippen LogP contribution in [0, 0.1) is 0 Å². The largest absolute Gasteiger partial charge is 0.459 e. The molecule has 0 atom stereocenters. The molecule has 0 spiro atoms. The summed E-state index contributed by atoms with van der Waals surface area (Å²) in [6, 6.07) is 5.03. The van der Waals surface area contributed by atoms with E-state index < -0.39 is 11.9 Å². The molecule has 1 fully saturated rings. The molecule has 1 saturated carbocycles. The average Bonchev–Trinajstić information content (AvgIpc) is 2.68. The van der Waals surface area contributed by atoms with E-state index in [-0.39, 0.29) is 40.6 Å². The Labute approximate surface area is 177 Å². The van der Waals surface area contributed by atoms with Gasteiger partial charge in [-0.25, -0.2) is 14.4 Å². The van der Waals surface area contributed by atoms with Gasteiger partial charge >= 0.3 is 17.9 Å². The molecule has 0 bridgehead atoms. The fourth-order valence-electron chi connectivity index (χ4n) is 3.10. The highest BCUT2D eigenvalue weighted by Gasteiger charge is 2.26. The first-order chi connectivity index (χ1) is 14.1. The highest BCUT2D eigenvalue weighted by Crippen LogP contribution is 2.37. The van der Waals surface area contributed by atoms with E-state index in [0.717, 1.165) is 18.4 Å². The second-order valence-electron chi connectivity index (χ2n) is 7.74. The minimum atomic E-state index is -0.556. The van der Waals surface area contributed by atoms with Crippen molar-refractivity contribution in [2.45, 2.75) is 58.5 Å². The van der Waals surface area contributed by atoms with Crippen LogP contribution in [-0.2, 0) is 19.1 Å². The van der Waals surface area contributed by atoms with E-state index in [1.54, 1.807) is 32.9 Å². The lowest BCUT2D eigenvalue weighted by Crippen LogP contribution is -2.24. The van der Waals surface area contributed by atoms with Gasteiger partial charge in [0, 0.05) is 22.8 Å². The van der Waals surface area contributed by atoms with E-state index in [1.807, 2.05) is 0 Å². The van der Waals surface area contributed by atoms with Gasteiger partial charge in [0.2, 0.25) is 0 Å². The van der Waals surface area contributed by atoms with E-state index >= 15 is 0 Å². The number of esters is 3. The van der Waals surface area contributed by atoms with Gasteiger partial charge in [-0.3, -0.25) is 0 Å². The van der Waals surface area contributed by atoms with Crippen molar-refractivity contribution < 1.29 is 28.6 Å². The first-order valence-corrected chi connectivity index (χ1v) is 9.83. The Morgan fingerprint density at radius 3 is 1.57 bits per heavy atom. The van der Waals surface area contributed by atoms with Crippen molar-refractivity contribution in [2.24, 2.45) is 0 Å². The van der Waals surface area contributed by atoms with Crippen LogP contribution >= 0.6 is 0 Å². The van der Waals surface area contributed by atoms with Crippen molar-refractivity contribution in [1.82, 2.24) is 0 Å². The second kappa shape index (κ2) is 10.1. The van der Waals surface area contributed by atoms with Crippen molar-refractivity contribution in [1.29, 1.82) is 0 Å². The van der Waals surface area contributed by atoms with Gasteiger partial charge in [-0.1, -0.05) is 19.7 Å². The first kappa shape index (κ1) is 23.1. The zero-order valence-electron chi connectivity index (χ0n) is 17.8. The molecule has 1 aliphatic carbocycles. The summed E-state index contributed by atoms with van der Waals surface area (Å²) >= 11 is 0. The molecule has 0 aromatic heterocycles. The van der Waals surface area contributed by atoms with Crippen molar-refractivity contribution in [3.8, 4) is 11.5 Å². The average molecular weight is 412 g/mol. The summed E-state index contributed by atoms with van der Waals surface area (Å²) in [5.74, 6) is -0.780. The molecule has 0 radical (unpaired) electrons. The predicted octanol–water partition coefficient (Wildman–Crippen LogP) is 4.80. The summed E-state index contributed by atoms with van der Waals surface area (Å²) in [5, 5.41) is 0. The van der Waals surface area contributed by atoms with Gasteiger partial charge in [-0.05, 0) is 70.1 Å². The monoisotopic (exact) mass is 412 g/mol. The molecule has 2 rings (SSSR count). The summed E-state index contributed by atoms with van der Waals surface area (Å²) in [6.07, 6.45) is 2.83. The minimum Gasteiger partial charge on any atom is -0.459 e. The number of hydrogen-bond acceptors (Lipinski definition) is 6. The molecule has 6 heteroatoms. The van der Waals surface area contributed by atoms with Crippen LogP contribution in [0.3, 0.4) is 0 Å². The van der Waals surface area contributed by atoms with Crippen LogP contribution < -0.4 is 9.47 Å². The molecule has 30 heavy (non-hydrogen) atoms. The molecule has 0 unspecified atom stereocenters. The second-order valence-corrected chi connectivity index (χ2v) is 7.74. The Hall–Kier alpha value is -3.15. The number of benzene rings is 1. The Balaban J connectivity index is 2.19. The van der Waals surface area contributed by atoms with E-state index in [4.69, 9.17) is 14.2 Å². The van der Waals surface area contributed by atoms with Crippen molar-refractivity contribution in [3.63, 3.8) is 0 Å². The van der Waals surface area contributed by atoms with Gasteiger partial charge in [0.15, 0.2) is 0 Å². The maximum Gasteiger partial charge on any atom is 0.338 e. The van der Waals surface area contributed by atoms with Gasteiger partial charge in [-0.2, -0.15) is 0 Å². The maximum atomic E-state index is 11.9. The third kappa shape index (κ3) is 6.44. The molecular formula is C24H28O6. The summed E-state index contributed by atoms with van der Waals surface area (Å²) in [5.41, 5.74) is 1.80. The molecule has 160 valence electrons. The predicted molar refractivity (Wildman–Crippen MR) is 113 cm³/mol. The number of ether oxygens (including phenoxy) is 3. The lowest BCUT2D eigenvalue weighted by molar-refractivity contribution is -0.145. The van der Waals surface area contributed by atoms with Gasteiger partial charge in [0.05, 0.1) is 0 Å². The number of rotatable bonds is 7. The van der Waals surface area contributed by atoms with Crippen molar-refractivity contribution >= 4 is 17.9 Å². The van der Waals surface area contributed by atoms with Crippen LogP contribution in [0.4, 0.5) is 0 Å². The lowest BCUT2D eigenvalue weighted by Gasteiger charge is -2.29. The Kier molecular flexibility index (Phi) is 7.75. The maximum absolute atomic E-state index is 11.9. The standard InChI is InChI=1S/C24H28O6/c1-14(2)22(25)28-19-9-7-17(8-10-19)18-11-20(29-23(26)15(3)4)13-21(12-18)30-24(27)16(5)6/h11-13,17,19H,1,3,5,7-10H2,2,4,6H3. The third-order valence-corrected chi connectivity index (χ3v) is 4.79. The summed E-state index contributed by atoms with van der Waals surface area (Å²) < 4.78 is 16.2. The van der Waals surface area contributed by atoms with E-state index in [1.165, 1.54) is 6.07 Å². The molecule has 0 heterocycles. The fraction of sp³-hybridized carbons (Fsp3) is 0.375. The van der Waals surface area contributed by atoms with Crippen LogP contribution in [0.1, 0.15) is 57.9 Å². The first-order valence-electron chi connectivity index (χ1n) is 9.83. The summed E-state index contributed by atoms with van der Waals surface area (Å²) in [6.45, 7) is 15.5. The van der Waals surface area contributed by atoms with Crippen molar-refractivity contribution in [2.75, 3.05) is 0 Å².